The molecule has 5 heteroatoms. The molecular formula is C25H22N4O. The molecule has 0 bridgehead atoms. The van der Waals surface area contributed by atoms with E-state index in [-0.39, 0.29) is 5.75 Å². The van der Waals surface area contributed by atoms with Crippen LogP contribution in [0.5, 0.6) is 5.75 Å². The van der Waals surface area contributed by atoms with E-state index in [1.807, 2.05) is 54.6 Å². The van der Waals surface area contributed by atoms with Crippen molar-refractivity contribution < 1.29 is 5.11 Å². The van der Waals surface area contributed by atoms with Gasteiger partial charge >= 0.3 is 0 Å². The molecule has 0 radical (unpaired) electrons. The fourth-order valence-electron chi connectivity index (χ4n) is 3.82. The fourth-order valence-corrected chi connectivity index (χ4v) is 3.82. The minimum absolute atomic E-state index is 0.156. The topological polar surface area (TPSA) is 60.6 Å². The maximum absolute atomic E-state index is 10.2. The van der Waals surface area contributed by atoms with E-state index in [0.717, 1.165) is 24.3 Å². The van der Waals surface area contributed by atoms with Crippen molar-refractivity contribution in [1.29, 1.82) is 0 Å². The summed E-state index contributed by atoms with van der Waals surface area (Å²) < 4.78 is 0. The van der Waals surface area contributed by atoms with Crippen LogP contribution < -0.4 is 4.90 Å². The molecule has 0 saturated carbocycles. The van der Waals surface area contributed by atoms with Crippen molar-refractivity contribution >= 4 is 28.8 Å². The Balaban J connectivity index is 1.52. The van der Waals surface area contributed by atoms with Crippen LogP contribution in [0.1, 0.15) is 24.0 Å². The second kappa shape index (κ2) is 7.95. The molecular weight excluding hydrogens is 372 g/mol. The molecule has 3 aromatic rings. The number of nitrogens with zero attached hydrogens (tertiary/aromatic N) is 4. The zero-order valence-corrected chi connectivity index (χ0v) is 16.6. The van der Waals surface area contributed by atoms with E-state index < -0.39 is 0 Å². The molecule has 1 fully saturated rings. The van der Waals surface area contributed by atoms with Crippen molar-refractivity contribution in [2.45, 2.75) is 12.8 Å². The summed E-state index contributed by atoms with van der Waals surface area (Å²) in [6.45, 7) is 2.24. The summed E-state index contributed by atoms with van der Waals surface area (Å²) in [5, 5.41) is 10.2. The molecule has 30 heavy (non-hydrogen) atoms. The van der Waals surface area contributed by atoms with Gasteiger partial charge in [0.05, 0.1) is 11.3 Å². The van der Waals surface area contributed by atoms with E-state index in [1.165, 1.54) is 18.5 Å². The van der Waals surface area contributed by atoms with Crippen molar-refractivity contribution in [3.8, 4) is 5.75 Å². The van der Waals surface area contributed by atoms with Crippen LogP contribution in [0.4, 0.5) is 11.4 Å². The van der Waals surface area contributed by atoms with Crippen LogP contribution in [0, 0.1) is 0 Å². The van der Waals surface area contributed by atoms with Gasteiger partial charge in [-0.3, -0.25) is 0 Å². The van der Waals surface area contributed by atoms with Gasteiger partial charge in [-0.15, -0.1) is 0 Å². The average molecular weight is 394 g/mol. The van der Waals surface area contributed by atoms with Gasteiger partial charge in [-0.25, -0.2) is 15.0 Å². The van der Waals surface area contributed by atoms with Crippen LogP contribution in [0.25, 0.3) is 0 Å². The second-order valence-corrected chi connectivity index (χ2v) is 7.42. The van der Waals surface area contributed by atoms with Gasteiger partial charge < -0.3 is 10.0 Å². The smallest absolute Gasteiger partial charge is 0.181 e. The molecule has 3 aromatic carbocycles. The SMILES string of the molecule is Oc1ccccc1C1=NC(=Nc2ccc(N3CCCC3)cc2)C(c2ccccc2)=N1. The standard InChI is InChI=1S/C25H22N4O/c30-22-11-5-4-10-21(22)24-27-23(18-8-2-1-3-9-18)25(28-24)26-19-12-14-20(15-13-19)29-16-6-7-17-29/h1-5,8-15,30H,6-7,16-17H2. The summed E-state index contributed by atoms with van der Waals surface area (Å²) in [6, 6.07) is 25.3. The van der Waals surface area contributed by atoms with Crippen molar-refractivity contribution in [1.82, 2.24) is 0 Å². The van der Waals surface area contributed by atoms with Crippen molar-refractivity contribution in [2.24, 2.45) is 15.0 Å². The average Bonchev–Trinajstić information content (AvgIpc) is 3.46. The number of aliphatic imine (C=N–C) groups is 3. The number of hydrogen-bond acceptors (Lipinski definition) is 4. The minimum atomic E-state index is 0.156. The molecule has 148 valence electrons. The molecule has 0 unspecified atom stereocenters. The van der Waals surface area contributed by atoms with Crippen LogP contribution in [0.3, 0.4) is 0 Å². The summed E-state index contributed by atoms with van der Waals surface area (Å²) in [5.74, 6) is 1.18. The second-order valence-electron chi connectivity index (χ2n) is 7.42. The lowest BCUT2D eigenvalue weighted by Gasteiger charge is -2.17. The zero-order valence-electron chi connectivity index (χ0n) is 16.6. The third-order valence-corrected chi connectivity index (χ3v) is 5.39. The number of phenolic OH excluding ortho intramolecular Hbond substituents is 1. The number of benzene rings is 3. The van der Waals surface area contributed by atoms with Crippen LogP contribution in [0.15, 0.2) is 93.8 Å². The highest BCUT2D eigenvalue weighted by atomic mass is 16.3. The van der Waals surface area contributed by atoms with Gasteiger partial charge in [0.2, 0.25) is 0 Å². The number of hydrogen-bond donors (Lipinski definition) is 1. The maximum atomic E-state index is 10.2. The first kappa shape index (κ1) is 18.3. The summed E-state index contributed by atoms with van der Waals surface area (Å²) in [7, 11) is 0. The normalized spacial score (nSPS) is 17.3. The Morgan fingerprint density at radius 3 is 2.20 bits per heavy atom. The summed E-state index contributed by atoms with van der Waals surface area (Å²) >= 11 is 0. The molecule has 0 aromatic heterocycles. The first-order valence-corrected chi connectivity index (χ1v) is 10.2. The molecule has 5 nitrogen and oxygen atoms in total. The van der Waals surface area contributed by atoms with E-state index in [0.29, 0.717) is 22.9 Å². The fraction of sp³-hybridized carbons (Fsp3) is 0.160. The predicted molar refractivity (Wildman–Crippen MR) is 123 cm³/mol. The Labute approximate surface area is 175 Å². The lowest BCUT2D eigenvalue weighted by Crippen LogP contribution is -2.17. The molecule has 5 rings (SSSR count). The molecule has 2 aliphatic heterocycles. The van der Waals surface area contributed by atoms with Crippen LogP contribution in [0.2, 0.25) is 0 Å². The molecule has 0 spiro atoms. The van der Waals surface area contributed by atoms with Crippen molar-refractivity contribution in [3.05, 3.63) is 90.0 Å². The molecule has 0 atom stereocenters. The van der Waals surface area contributed by atoms with E-state index in [9.17, 15) is 5.11 Å². The Bertz CT molecular complexity index is 1140. The molecule has 1 N–H and O–H groups in total. The monoisotopic (exact) mass is 394 g/mol. The lowest BCUT2D eigenvalue weighted by atomic mass is 10.1. The van der Waals surface area contributed by atoms with Gasteiger partial charge in [0.1, 0.15) is 11.5 Å². The molecule has 1 saturated heterocycles. The van der Waals surface area contributed by atoms with E-state index in [2.05, 4.69) is 22.0 Å². The van der Waals surface area contributed by atoms with Gasteiger partial charge in [-0.1, -0.05) is 42.5 Å². The number of phenols is 1. The lowest BCUT2D eigenvalue weighted by molar-refractivity contribution is 0.474. The van der Waals surface area contributed by atoms with Crippen LogP contribution in [-0.4, -0.2) is 35.6 Å². The van der Waals surface area contributed by atoms with Crippen LogP contribution in [-0.2, 0) is 0 Å². The highest BCUT2D eigenvalue weighted by Gasteiger charge is 2.22. The highest BCUT2D eigenvalue weighted by molar-refractivity contribution is 6.54. The van der Waals surface area contributed by atoms with Crippen molar-refractivity contribution in [2.75, 3.05) is 18.0 Å². The number of para-hydroxylation sites is 1. The summed E-state index contributed by atoms with van der Waals surface area (Å²) in [6.07, 6.45) is 2.51. The Morgan fingerprint density at radius 2 is 1.47 bits per heavy atom. The Morgan fingerprint density at radius 1 is 0.767 bits per heavy atom. The summed E-state index contributed by atoms with van der Waals surface area (Å²) in [5.41, 5.74) is 4.31. The molecule has 0 aliphatic carbocycles. The number of amidine groups is 2. The third kappa shape index (κ3) is 3.62. The molecule has 2 heterocycles. The first-order chi connectivity index (χ1) is 14.8. The van der Waals surface area contributed by atoms with Gasteiger partial charge in [0, 0.05) is 24.3 Å². The van der Waals surface area contributed by atoms with Gasteiger partial charge in [0.25, 0.3) is 0 Å². The van der Waals surface area contributed by atoms with Crippen LogP contribution >= 0.6 is 0 Å². The summed E-state index contributed by atoms with van der Waals surface area (Å²) in [4.78, 5) is 16.6. The van der Waals surface area contributed by atoms with Gasteiger partial charge in [-0.05, 0) is 49.2 Å². The van der Waals surface area contributed by atoms with Gasteiger partial charge in [0.15, 0.2) is 11.7 Å². The predicted octanol–water partition coefficient (Wildman–Crippen LogP) is 4.97. The molecule has 0 amide bonds. The molecule has 2 aliphatic rings. The van der Waals surface area contributed by atoms with E-state index >= 15 is 0 Å². The van der Waals surface area contributed by atoms with E-state index in [4.69, 9.17) is 9.98 Å². The zero-order chi connectivity index (χ0) is 20.3. The van der Waals surface area contributed by atoms with Crippen molar-refractivity contribution in [3.63, 3.8) is 0 Å². The number of aromatic hydroxyl groups is 1. The Kier molecular flexibility index (Phi) is 4.85. The highest BCUT2D eigenvalue weighted by Crippen LogP contribution is 2.26. The number of anilines is 1. The minimum Gasteiger partial charge on any atom is -0.507 e. The number of rotatable bonds is 4. The quantitative estimate of drug-likeness (QED) is 0.679. The van der Waals surface area contributed by atoms with E-state index in [1.54, 1.807) is 12.1 Å². The van der Waals surface area contributed by atoms with Gasteiger partial charge in [-0.2, -0.15) is 0 Å². The Hall–Kier alpha value is -3.73. The first-order valence-electron chi connectivity index (χ1n) is 10.2. The third-order valence-electron chi connectivity index (χ3n) is 5.39. The maximum Gasteiger partial charge on any atom is 0.181 e. The largest absolute Gasteiger partial charge is 0.507 e.